The van der Waals surface area contributed by atoms with Crippen LogP contribution < -0.4 is 4.72 Å². The van der Waals surface area contributed by atoms with Crippen LogP contribution in [0, 0.1) is 0 Å². The van der Waals surface area contributed by atoms with Crippen LogP contribution in [0.25, 0.3) is 11.1 Å². The van der Waals surface area contributed by atoms with Crippen LogP contribution in [0.4, 0.5) is 4.79 Å². The molecule has 2 atom stereocenters. The lowest BCUT2D eigenvalue weighted by Gasteiger charge is -2.17. The van der Waals surface area contributed by atoms with E-state index in [1.54, 1.807) is 24.3 Å². The summed E-state index contributed by atoms with van der Waals surface area (Å²) in [7, 11) is -3.76. The van der Waals surface area contributed by atoms with Crippen LogP contribution in [0.15, 0.2) is 89.8 Å². The number of nitrogens with zero attached hydrogens (tertiary/aromatic N) is 1. The van der Waals surface area contributed by atoms with Crippen LogP contribution in [0.1, 0.15) is 5.56 Å². The van der Waals surface area contributed by atoms with Gasteiger partial charge < -0.3 is 9.64 Å². The van der Waals surface area contributed by atoms with E-state index in [0.29, 0.717) is 6.54 Å². The molecule has 1 aliphatic rings. The number of nitrogens with one attached hydrogen (secondary N) is 1. The number of hydrogen-bond donors (Lipinski definition) is 2. The maximum atomic E-state index is 12.9. The van der Waals surface area contributed by atoms with E-state index in [-0.39, 0.29) is 23.3 Å². The minimum absolute atomic E-state index is 0.164. The Hall–Kier alpha value is -2.81. The molecule has 0 aromatic heterocycles. The van der Waals surface area contributed by atoms with Gasteiger partial charge in [-0.2, -0.15) is 12.6 Å². The normalized spacial score (nSPS) is 18.5. The fourth-order valence-corrected chi connectivity index (χ4v) is 5.32. The zero-order valence-electron chi connectivity index (χ0n) is 17.3. The largest absolute Gasteiger partial charge is 0.445 e. The molecular formula is C24H24N2O4S2. The molecule has 1 amide bonds. The van der Waals surface area contributed by atoms with E-state index in [2.05, 4.69) is 17.4 Å². The average molecular weight is 469 g/mol. The molecule has 0 unspecified atom stereocenters. The summed E-state index contributed by atoms with van der Waals surface area (Å²) in [6.45, 7) is 0.664. The molecule has 1 aliphatic heterocycles. The van der Waals surface area contributed by atoms with Gasteiger partial charge in [-0.1, -0.05) is 72.8 Å². The van der Waals surface area contributed by atoms with Gasteiger partial charge in [-0.05, 0) is 28.8 Å². The molecule has 32 heavy (non-hydrogen) atoms. The third kappa shape index (κ3) is 5.32. The van der Waals surface area contributed by atoms with E-state index in [9.17, 15) is 13.2 Å². The summed E-state index contributed by atoms with van der Waals surface area (Å²) in [5.74, 6) is 0. The van der Waals surface area contributed by atoms with Gasteiger partial charge >= 0.3 is 6.09 Å². The Balaban J connectivity index is 1.37. The monoisotopic (exact) mass is 468 g/mol. The molecule has 0 aliphatic carbocycles. The molecule has 0 radical (unpaired) electrons. The lowest BCUT2D eigenvalue weighted by atomic mass is 10.1. The molecule has 4 rings (SSSR count). The Kier molecular flexibility index (Phi) is 6.83. The third-order valence-corrected chi connectivity index (χ3v) is 7.36. The van der Waals surface area contributed by atoms with Gasteiger partial charge in [0.1, 0.15) is 6.61 Å². The highest BCUT2D eigenvalue weighted by molar-refractivity contribution is 7.89. The average Bonchev–Trinajstić information content (AvgIpc) is 3.18. The van der Waals surface area contributed by atoms with Crippen molar-refractivity contribution < 1.29 is 17.9 Å². The lowest BCUT2D eigenvalue weighted by Crippen LogP contribution is -2.41. The molecule has 3 aromatic rings. The van der Waals surface area contributed by atoms with Crippen molar-refractivity contribution in [1.82, 2.24) is 9.62 Å². The number of amides is 1. The number of thiol groups is 1. The van der Waals surface area contributed by atoms with Crippen molar-refractivity contribution in [3.05, 3.63) is 90.5 Å². The van der Waals surface area contributed by atoms with Gasteiger partial charge in [0.25, 0.3) is 0 Å². The molecule has 3 aromatic carbocycles. The zero-order valence-corrected chi connectivity index (χ0v) is 19.0. The summed E-state index contributed by atoms with van der Waals surface area (Å²) in [5, 5.41) is -0.336. The van der Waals surface area contributed by atoms with Crippen molar-refractivity contribution in [2.75, 3.05) is 13.1 Å². The van der Waals surface area contributed by atoms with Gasteiger partial charge in [-0.3, -0.25) is 0 Å². The molecule has 6 nitrogen and oxygen atoms in total. The van der Waals surface area contributed by atoms with Gasteiger partial charge in [-0.25, -0.2) is 17.9 Å². The van der Waals surface area contributed by atoms with Crippen LogP contribution >= 0.6 is 12.6 Å². The summed E-state index contributed by atoms with van der Waals surface area (Å²) in [6, 6.07) is 25.3. The second kappa shape index (κ2) is 9.77. The predicted molar refractivity (Wildman–Crippen MR) is 127 cm³/mol. The number of carbonyl (C=O) groups is 1. The summed E-state index contributed by atoms with van der Waals surface area (Å²) in [6.07, 6.45) is -0.484. The number of hydrogen-bond acceptors (Lipinski definition) is 5. The van der Waals surface area contributed by atoms with E-state index in [1.165, 1.54) is 4.90 Å². The molecule has 1 N–H and O–H groups in total. The number of likely N-dealkylation sites (tertiary alicyclic amines) is 1. The van der Waals surface area contributed by atoms with Gasteiger partial charge in [-0.15, -0.1) is 0 Å². The first kappa shape index (κ1) is 22.4. The number of ether oxygens (including phenoxy) is 1. The summed E-state index contributed by atoms with van der Waals surface area (Å²) >= 11 is 4.49. The van der Waals surface area contributed by atoms with Crippen molar-refractivity contribution in [2.24, 2.45) is 0 Å². The summed E-state index contributed by atoms with van der Waals surface area (Å²) in [4.78, 5) is 14.1. The van der Waals surface area contributed by atoms with Crippen molar-refractivity contribution in [3.63, 3.8) is 0 Å². The number of rotatable bonds is 6. The highest BCUT2D eigenvalue weighted by Crippen LogP contribution is 2.23. The maximum absolute atomic E-state index is 12.9. The molecule has 1 fully saturated rings. The topological polar surface area (TPSA) is 75.7 Å². The fraction of sp³-hybridized carbons (Fsp3) is 0.208. The van der Waals surface area contributed by atoms with E-state index >= 15 is 0 Å². The Bertz CT molecular complexity index is 1150. The maximum Gasteiger partial charge on any atom is 0.410 e. The molecule has 8 heteroatoms. The quantitative estimate of drug-likeness (QED) is 0.537. The Morgan fingerprint density at radius 2 is 1.50 bits per heavy atom. The first-order chi connectivity index (χ1) is 15.4. The lowest BCUT2D eigenvalue weighted by molar-refractivity contribution is 0.104. The fourth-order valence-electron chi connectivity index (χ4n) is 3.59. The van der Waals surface area contributed by atoms with Crippen LogP contribution in [-0.4, -0.2) is 43.8 Å². The molecule has 0 bridgehead atoms. The van der Waals surface area contributed by atoms with Crippen LogP contribution in [-0.2, 0) is 21.4 Å². The molecule has 0 saturated carbocycles. The highest BCUT2D eigenvalue weighted by atomic mass is 32.2. The van der Waals surface area contributed by atoms with Crippen molar-refractivity contribution in [2.45, 2.75) is 22.8 Å². The molecule has 0 spiro atoms. The van der Waals surface area contributed by atoms with Crippen LogP contribution in [0.5, 0.6) is 0 Å². The van der Waals surface area contributed by atoms with Gasteiger partial charge in [0.15, 0.2) is 0 Å². The van der Waals surface area contributed by atoms with Crippen molar-refractivity contribution in [3.8, 4) is 11.1 Å². The number of carbonyl (C=O) groups excluding carboxylic acids is 1. The highest BCUT2D eigenvalue weighted by Gasteiger charge is 2.36. The SMILES string of the molecule is O=C(OCc1ccccc1)N1C[C@H](NS(=O)(=O)c2ccc(-c3ccccc3)cc2)[C@@H](S)C1. The predicted octanol–water partition coefficient (Wildman–Crippen LogP) is 3.95. The number of sulfonamides is 1. The molecule has 166 valence electrons. The van der Waals surface area contributed by atoms with E-state index in [4.69, 9.17) is 4.74 Å². The minimum Gasteiger partial charge on any atom is -0.445 e. The number of benzene rings is 3. The minimum atomic E-state index is -3.76. The van der Waals surface area contributed by atoms with Crippen LogP contribution in [0.2, 0.25) is 0 Å². The van der Waals surface area contributed by atoms with Crippen molar-refractivity contribution in [1.29, 1.82) is 0 Å². The second-order valence-electron chi connectivity index (χ2n) is 7.63. The first-order valence-electron chi connectivity index (χ1n) is 10.2. The standard InChI is InChI=1S/C24H24N2O4S2/c27-24(30-17-18-7-3-1-4-8-18)26-15-22(23(31)16-26)25-32(28,29)21-13-11-20(12-14-21)19-9-5-2-6-10-19/h1-14,22-23,25,31H,15-17H2/t22-,23-/m0/s1. The van der Waals surface area contributed by atoms with E-state index < -0.39 is 22.2 Å². The first-order valence-corrected chi connectivity index (χ1v) is 12.2. The Morgan fingerprint density at radius 3 is 2.16 bits per heavy atom. The Morgan fingerprint density at radius 1 is 0.906 bits per heavy atom. The third-order valence-electron chi connectivity index (χ3n) is 5.33. The zero-order chi connectivity index (χ0) is 22.6. The molecular weight excluding hydrogens is 444 g/mol. The van der Waals surface area contributed by atoms with Gasteiger partial charge in [0, 0.05) is 18.3 Å². The summed E-state index contributed by atoms with van der Waals surface area (Å²) in [5.41, 5.74) is 2.84. The van der Waals surface area contributed by atoms with E-state index in [1.807, 2.05) is 60.7 Å². The van der Waals surface area contributed by atoms with Crippen molar-refractivity contribution >= 4 is 28.7 Å². The second-order valence-corrected chi connectivity index (χ2v) is 10.0. The van der Waals surface area contributed by atoms with E-state index in [0.717, 1.165) is 16.7 Å². The molecule has 1 heterocycles. The summed E-state index contributed by atoms with van der Waals surface area (Å²) < 4.78 is 33.8. The van der Waals surface area contributed by atoms with Crippen LogP contribution in [0.3, 0.4) is 0 Å². The Labute approximate surface area is 193 Å². The molecule has 1 saturated heterocycles. The van der Waals surface area contributed by atoms with Gasteiger partial charge in [0.05, 0.1) is 10.9 Å². The van der Waals surface area contributed by atoms with Gasteiger partial charge in [0.2, 0.25) is 10.0 Å². The smallest absolute Gasteiger partial charge is 0.410 e.